The predicted molar refractivity (Wildman–Crippen MR) is 62.0 cm³/mol. The second-order valence-electron chi connectivity index (χ2n) is 3.15. The molecule has 1 atom stereocenters. The van der Waals surface area contributed by atoms with Gasteiger partial charge in [0.25, 0.3) is 0 Å². The van der Waals surface area contributed by atoms with E-state index in [-0.39, 0.29) is 6.10 Å². The summed E-state index contributed by atoms with van der Waals surface area (Å²) in [5, 5.41) is 0. The minimum Gasteiger partial charge on any atom is -0.378 e. The molecule has 0 amide bonds. The van der Waals surface area contributed by atoms with Crippen molar-refractivity contribution in [3.63, 3.8) is 0 Å². The third-order valence-electron chi connectivity index (χ3n) is 2.01. The average molecular weight is 228 g/mol. The van der Waals surface area contributed by atoms with Crippen molar-refractivity contribution in [3.05, 3.63) is 35.9 Å². The number of methoxy groups -OCH3 is 1. The molecule has 0 aliphatic heterocycles. The predicted octanol–water partition coefficient (Wildman–Crippen LogP) is 2.42. The van der Waals surface area contributed by atoms with E-state index in [0.29, 0.717) is 19.0 Å². The topological polar surface area (TPSA) is 38.7 Å². The van der Waals surface area contributed by atoms with Gasteiger partial charge in [0.05, 0.1) is 19.3 Å². The molecule has 1 N–H and O–H groups in total. The number of rotatable bonds is 7. The molecule has 0 radical (unpaired) electrons. The summed E-state index contributed by atoms with van der Waals surface area (Å²) in [6, 6.07) is 9.97. The molecule has 0 aliphatic carbocycles. The lowest BCUT2D eigenvalue weighted by atomic mass is 10.2. The quantitative estimate of drug-likeness (QED) is 0.727. The number of ether oxygens (including phenoxy) is 2. The smallest absolute Gasteiger partial charge is 0.0917 e. The van der Waals surface area contributed by atoms with Crippen LogP contribution in [0.1, 0.15) is 5.56 Å². The van der Waals surface area contributed by atoms with E-state index in [1.807, 2.05) is 30.3 Å². The largest absolute Gasteiger partial charge is 0.378 e. The van der Waals surface area contributed by atoms with Gasteiger partial charge in [0.1, 0.15) is 0 Å². The fourth-order valence-corrected chi connectivity index (χ4v) is 1.55. The zero-order chi connectivity index (χ0) is 10.9. The molecule has 3 nitrogen and oxygen atoms in total. The van der Waals surface area contributed by atoms with Gasteiger partial charge in [-0.2, -0.15) is 0 Å². The average Bonchev–Trinajstić information content (AvgIpc) is 2.29. The highest BCUT2D eigenvalue weighted by molar-refractivity contribution is 7.93. The van der Waals surface area contributed by atoms with E-state index in [0.717, 1.165) is 17.6 Å². The van der Waals surface area contributed by atoms with Crippen molar-refractivity contribution in [2.24, 2.45) is 0 Å². The molecular weight excluding hydrogens is 212 g/mol. The fourth-order valence-electron chi connectivity index (χ4n) is 1.15. The maximum absolute atomic E-state index is 8.67. The Morgan fingerprint density at radius 1 is 1.33 bits per heavy atom. The first-order chi connectivity index (χ1) is 7.36. The zero-order valence-corrected chi connectivity index (χ0v) is 9.57. The summed E-state index contributed by atoms with van der Waals surface area (Å²) in [4.78, 5) is 0. The van der Waals surface area contributed by atoms with E-state index in [1.165, 1.54) is 0 Å². The Morgan fingerprint density at radius 2 is 2.07 bits per heavy atom. The van der Waals surface area contributed by atoms with Gasteiger partial charge in [-0.05, 0) is 17.6 Å². The molecule has 0 saturated heterocycles. The van der Waals surface area contributed by atoms with Crippen LogP contribution in [0.15, 0.2) is 30.3 Å². The minimum absolute atomic E-state index is 0.0521. The second-order valence-corrected chi connectivity index (χ2v) is 3.75. The molecule has 0 saturated carbocycles. The van der Waals surface area contributed by atoms with Gasteiger partial charge in [0.15, 0.2) is 0 Å². The molecular formula is C11H16O3S. The van der Waals surface area contributed by atoms with Gasteiger partial charge < -0.3 is 14.0 Å². The molecule has 0 aliphatic rings. The van der Waals surface area contributed by atoms with Crippen molar-refractivity contribution >= 4 is 12.0 Å². The molecule has 4 heteroatoms. The third-order valence-corrected chi connectivity index (χ3v) is 2.53. The van der Waals surface area contributed by atoms with E-state index in [1.54, 1.807) is 7.11 Å². The molecule has 1 aromatic rings. The maximum Gasteiger partial charge on any atom is 0.0917 e. The highest BCUT2D eigenvalue weighted by Crippen LogP contribution is 2.04. The molecule has 0 fully saturated rings. The molecule has 0 bridgehead atoms. The van der Waals surface area contributed by atoms with Crippen molar-refractivity contribution in [2.45, 2.75) is 12.7 Å². The first kappa shape index (κ1) is 12.5. The molecule has 84 valence electrons. The highest BCUT2D eigenvalue weighted by Gasteiger charge is 2.06. The molecule has 1 rings (SSSR count). The second kappa shape index (κ2) is 7.70. The van der Waals surface area contributed by atoms with Crippen molar-refractivity contribution in [3.8, 4) is 0 Å². The number of benzene rings is 1. The van der Waals surface area contributed by atoms with Crippen LogP contribution in [0.3, 0.4) is 0 Å². The summed E-state index contributed by atoms with van der Waals surface area (Å²) in [6.07, 6.45) is -0.0521. The molecule has 0 spiro atoms. The van der Waals surface area contributed by atoms with Gasteiger partial charge in [-0.3, -0.25) is 0 Å². The van der Waals surface area contributed by atoms with Gasteiger partial charge in [-0.15, -0.1) is 0 Å². The van der Waals surface area contributed by atoms with E-state index in [4.69, 9.17) is 14.0 Å². The summed E-state index contributed by atoms with van der Waals surface area (Å²) in [5.41, 5.74) is 1.14. The van der Waals surface area contributed by atoms with Crippen LogP contribution in [0.2, 0.25) is 0 Å². The lowest BCUT2D eigenvalue weighted by Gasteiger charge is -2.13. The minimum atomic E-state index is -0.0521. The van der Waals surface area contributed by atoms with E-state index in [9.17, 15) is 0 Å². The Labute approximate surface area is 94.6 Å². The van der Waals surface area contributed by atoms with Gasteiger partial charge >= 0.3 is 0 Å². The Kier molecular flexibility index (Phi) is 6.43. The lowest BCUT2D eigenvalue weighted by Crippen LogP contribution is -2.20. The highest BCUT2D eigenvalue weighted by atomic mass is 32.2. The van der Waals surface area contributed by atoms with Crippen LogP contribution in [0, 0.1) is 0 Å². The first-order valence-corrected chi connectivity index (χ1v) is 5.72. The first-order valence-electron chi connectivity index (χ1n) is 4.77. The lowest BCUT2D eigenvalue weighted by molar-refractivity contribution is 0.0138. The standard InChI is InChI=1S/C11H16O3S/c1-13-11(9-15-12)8-14-7-10-5-3-2-4-6-10/h2-6,11-12H,7-9H2,1H3. The van der Waals surface area contributed by atoms with Crippen LogP contribution >= 0.6 is 12.0 Å². The molecule has 0 aromatic heterocycles. The van der Waals surface area contributed by atoms with Gasteiger partial charge in [-0.25, -0.2) is 0 Å². The Balaban J connectivity index is 2.20. The summed E-state index contributed by atoms with van der Waals surface area (Å²) in [7, 11) is 1.62. The monoisotopic (exact) mass is 228 g/mol. The fraction of sp³-hybridized carbons (Fsp3) is 0.455. The van der Waals surface area contributed by atoms with Gasteiger partial charge in [-0.1, -0.05) is 30.3 Å². The SMILES string of the molecule is COC(COCc1ccccc1)CSO. The Bertz CT molecular complexity index is 253. The summed E-state index contributed by atoms with van der Waals surface area (Å²) >= 11 is 0.776. The summed E-state index contributed by atoms with van der Waals surface area (Å²) < 4.78 is 19.3. The van der Waals surface area contributed by atoms with Gasteiger partial charge in [0.2, 0.25) is 0 Å². The molecule has 0 heterocycles. The van der Waals surface area contributed by atoms with Crippen molar-refractivity contribution in [1.29, 1.82) is 0 Å². The van der Waals surface area contributed by atoms with Crippen LogP contribution < -0.4 is 0 Å². The van der Waals surface area contributed by atoms with Crippen LogP contribution in [0.4, 0.5) is 0 Å². The van der Waals surface area contributed by atoms with Crippen LogP contribution in [0.25, 0.3) is 0 Å². The normalized spacial score (nSPS) is 12.7. The van der Waals surface area contributed by atoms with E-state index < -0.39 is 0 Å². The number of hydrogen-bond donors (Lipinski definition) is 1. The van der Waals surface area contributed by atoms with E-state index >= 15 is 0 Å². The molecule has 1 aromatic carbocycles. The Morgan fingerprint density at radius 3 is 2.67 bits per heavy atom. The summed E-state index contributed by atoms with van der Waals surface area (Å²) in [5.74, 6) is 0.533. The molecule has 15 heavy (non-hydrogen) atoms. The third kappa shape index (κ3) is 5.18. The van der Waals surface area contributed by atoms with Crippen LogP contribution in [-0.4, -0.2) is 30.1 Å². The number of hydrogen-bond acceptors (Lipinski definition) is 4. The van der Waals surface area contributed by atoms with Crippen molar-refractivity contribution in [1.82, 2.24) is 0 Å². The van der Waals surface area contributed by atoms with Gasteiger partial charge in [0, 0.05) is 12.9 Å². The van der Waals surface area contributed by atoms with E-state index in [2.05, 4.69) is 0 Å². The zero-order valence-electron chi connectivity index (χ0n) is 8.76. The molecule has 1 unspecified atom stereocenters. The van der Waals surface area contributed by atoms with Crippen LogP contribution in [-0.2, 0) is 16.1 Å². The van der Waals surface area contributed by atoms with Crippen molar-refractivity contribution < 1.29 is 14.0 Å². The Hall–Kier alpha value is -0.550. The summed E-state index contributed by atoms with van der Waals surface area (Å²) in [6.45, 7) is 1.08. The maximum atomic E-state index is 8.67. The van der Waals surface area contributed by atoms with Crippen LogP contribution in [0.5, 0.6) is 0 Å². The van der Waals surface area contributed by atoms with Crippen molar-refractivity contribution in [2.75, 3.05) is 19.5 Å².